The van der Waals surface area contributed by atoms with E-state index < -0.39 is 5.92 Å². The van der Waals surface area contributed by atoms with Crippen molar-refractivity contribution in [1.29, 1.82) is 0 Å². The smallest absolute Gasteiger partial charge is 0.143 e. The zero-order valence-electron chi connectivity index (χ0n) is 20.6. The van der Waals surface area contributed by atoms with Gasteiger partial charge >= 0.3 is 0 Å². The van der Waals surface area contributed by atoms with Crippen LogP contribution in [0.25, 0.3) is 10.9 Å². The highest BCUT2D eigenvalue weighted by Crippen LogP contribution is 2.33. The SMILES string of the molecule is CCC(=O)C(Cc1ccc(OCc2cnc3ccc(OC)cc3c2OC(C)C)cc1)C(=O)CC. The molecule has 0 radical (unpaired) electrons. The molecular weight excluding hydrogens is 430 g/mol. The van der Waals surface area contributed by atoms with Gasteiger partial charge in [0, 0.05) is 24.4 Å². The van der Waals surface area contributed by atoms with Crippen molar-refractivity contribution >= 4 is 22.5 Å². The van der Waals surface area contributed by atoms with Gasteiger partial charge < -0.3 is 14.2 Å². The van der Waals surface area contributed by atoms with Gasteiger partial charge in [0.05, 0.1) is 30.2 Å². The van der Waals surface area contributed by atoms with Crippen molar-refractivity contribution in [2.75, 3.05) is 7.11 Å². The minimum absolute atomic E-state index is 0.00899. The fourth-order valence-corrected chi connectivity index (χ4v) is 3.81. The first-order chi connectivity index (χ1) is 16.4. The van der Waals surface area contributed by atoms with Gasteiger partial charge in [-0.1, -0.05) is 26.0 Å². The molecule has 2 aromatic carbocycles. The Bertz CT molecular complexity index is 1120. The van der Waals surface area contributed by atoms with Gasteiger partial charge in [0.15, 0.2) is 0 Å². The molecule has 0 aliphatic rings. The Kier molecular flexibility index (Phi) is 8.63. The molecular formula is C28H33NO5. The van der Waals surface area contributed by atoms with Crippen LogP contribution in [0, 0.1) is 5.92 Å². The van der Waals surface area contributed by atoms with Gasteiger partial charge in [-0.25, -0.2) is 0 Å². The molecule has 1 aromatic heterocycles. The van der Waals surface area contributed by atoms with Crippen LogP contribution in [0.3, 0.4) is 0 Å². The molecule has 6 nitrogen and oxygen atoms in total. The van der Waals surface area contributed by atoms with Crippen LogP contribution in [-0.4, -0.2) is 29.8 Å². The van der Waals surface area contributed by atoms with Crippen LogP contribution in [-0.2, 0) is 22.6 Å². The summed E-state index contributed by atoms with van der Waals surface area (Å²) in [6.07, 6.45) is 2.91. The van der Waals surface area contributed by atoms with E-state index in [4.69, 9.17) is 14.2 Å². The second-order valence-electron chi connectivity index (χ2n) is 8.49. The van der Waals surface area contributed by atoms with Crippen molar-refractivity contribution in [2.24, 2.45) is 5.92 Å². The number of carbonyl (C=O) groups is 2. The van der Waals surface area contributed by atoms with Gasteiger partial charge in [0.2, 0.25) is 0 Å². The summed E-state index contributed by atoms with van der Waals surface area (Å²) in [5, 5.41) is 0.872. The topological polar surface area (TPSA) is 74.7 Å². The lowest BCUT2D eigenvalue weighted by Gasteiger charge is -2.17. The van der Waals surface area contributed by atoms with Gasteiger partial charge in [-0.3, -0.25) is 14.6 Å². The molecule has 0 saturated carbocycles. The highest BCUT2D eigenvalue weighted by atomic mass is 16.5. The number of methoxy groups -OCH3 is 1. The van der Waals surface area contributed by atoms with Crippen LogP contribution in [0.15, 0.2) is 48.7 Å². The van der Waals surface area contributed by atoms with Crippen molar-refractivity contribution in [3.63, 3.8) is 0 Å². The maximum absolute atomic E-state index is 12.2. The molecule has 34 heavy (non-hydrogen) atoms. The number of hydrogen-bond donors (Lipinski definition) is 0. The number of ether oxygens (including phenoxy) is 3. The summed E-state index contributed by atoms with van der Waals surface area (Å²) in [4.78, 5) is 29.0. The minimum atomic E-state index is -0.571. The summed E-state index contributed by atoms with van der Waals surface area (Å²) in [5.74, 6) is 1.56. The molecule has 180 valence electrons. The van der Waals surface area contributed by atoms with E-state index in [0.717, 1.165) is 33.5 Å². The van der Waals surface area contributed by atoms with Crippen molar-refractivity contribution in [2.45, 2.75) is 59.7 Å². The highest BCUT2D eigenvalue weighted by molar-refractivity contribution is 6.02. The fraction of sp³-hybridized carbons (Fsp3) is 0.393. The molecule has 0 N–H and O–H groups in total. The van der Waals surface area contributed by atoms with Crippen molar-refractivity contribution in [1.82, 2.24) is 4.98 Å². The third-order valence-corrected chi connectivity index (χ3v) is 5.68. The Balaban J connectivity index is 1.77. The molecule has 0 spiro atoms. The van der Waals surface area contributed by atoms with E-state index in [0.29, 0.717) is 25.0 Å². The standard InChI is InChI=1S/C28H33NO5/c1-6-26(30)24(27(31)7-2)14-19-8-10-21(11-9-19)33-17-20-16-29-25-13-12-22(32-5)15-23(25)28(20)34-18(3)4/h8-13,15-16,18,24H,6-7,14,17H2,1-5H3. The number of nitrogens with zero attached hydrogens (tertiary/aromatic N) is 1. The van der Waals surface area contributed by atoms with Crippen LogP contribution in [0.4, 0.5) is 0 Å². The number of carbonyl (C=O) groups excluding carboxylic acids is 2. The second kappa shape index (κ2) is 11.6. The number of hydrogen-bond acceptors (Lipinski definition) is 6. The highest BCUT2D eigenvalue weighted by Gasteiger charge is 2.23. The van der Waals surface area contributed by atoms with E-state index in [1.165, 1.54) is 0 Å². The lowest BCUT2D eigenvalue weighted by atomic mass is 9.89. The normalized spacial score (nSPS) is 11.1. The van der Waals surface area contributed by atoms with Crippen LogP contribution in [0.1, 0.15) is 51.7 Å². The molecule has 3 rings (SSSR count). The number of rotatable bonds is 12. The number of fused-ring (bicyclic) bond motifs is 1. The molecule has 0 unspecified atom stereocenters. The molecule has 0 atom stereocenters. The van der Waals surface area contributed by atoms with Crippen LogP contribution < -0.4 is 14.2 Å². The fourth-order valence-electron chi connectivity index (χ4n) is 3.81. The Hall–Kier alpha value is -3.41. The first-order valence-corrected chi connectivity index (χ1v) is 11.8. The Morgan fingerprint density at radius 2 is 1.59 bits per heavy atom. The third kappa shape index (κ3) is 6.13. The molecule has 1 heterocycles. The lowest BCUT2D eigenvalue weighted by molar-refractivity contribution is -0.132. The van der Waals surface area contributed by atoms with Gasteiger partial charge in [-0.2, -0.15) is 0 Å². The van der Waals surface area contributed by atoms with Crippen LogP contribution in [0.2, 0.25) is 0 Å². The Morgan fingerprint density at radius 3 is 2.18 bits per heavy atom. The van der Waals surface area contributed by atoms with Gasteiger partial charge in [0.25, 0.3) is 0 Å². The van der Waals surface area contributed by atoms with E-state index in [-0.39, 0.29) is 24.3 Å². The molecule has 3 aromatic rings. The summed E-state index contributed by atoms with van der Waals surface area (Å²) in [5.41, 5.74) is 2.59. The van der Waals surface area contributed by atoms with E-state index in [9.17, 15) is 9.59 Å². The number of aromatic nitrogens is 1. The first-order valence-electron chi connectivity index (χ1n) is 11.8. The van der Waals surface area contributed by atoms with Crippen molar-refractivity contribution in [3.8, 4) is 17.2 Å². The van der Waals surface area contributed by atoms with Gasteiger partial charge in [0.1, 0.15) is 35.4 Å². The van der Waals surface area contributed by atoms with E-state index in [1.54, 1.807) is 27.2 Å². The summed E-state index contributed by atoms with van der Waals surface area (Å²) >= 11 is 0. The quantitative estimate of drug-likeness (QED) is 0.320. The van der Waals surface area contributed by atoms with E-state index in [2.05, 4.69) is 4.98 Å². The maximum atomic E-state index is 12.2. The summed E-state index contributed by atoms with van der Waals surface area (Å²) in [7, 11) is 1.63. The number of pyridine rings is 1. The zero-order chi connectivity index (χ0) is 24.7. The molecule has 0 aliphatic carbocycles. The largest absolute Gasteiger partial charge is 0.497 e. The number of benzene rings is 2. The maximum Gasteiger partial charge on any atom is 0.143 e. The van der Waals surface area contributed by atoms with Gasteiger partial charge in [-0.15, -0.1) is 0 Å². The third-order valence-electron chi connectivity index (χ3n) is 5.68. The molecule has 0 bridgehead atoms. The van der Waals surface area contributed by atoms with E-state index >= 15 is 0 Å². The monoisotopic (exact) mass is 463 g/mol. The molecule has 0 saturated heterocycles. The predicted octanol–water partition coefficient (Wildman–Crippen LogP) is 5.73. The molecule has 6 heteroatoms. The van der Waals surface area contributed by atoms with E-state index in [1.807, 2.05) is 56.3 Å². The minimum Gasteiger partial charge on any atom is -0.497 e. The Morgan fingerprint density at radius 1 is 0.941 bits per heavy atom. The predicted molar refractivity (Wildman–Crippen MR) is 133 cm³/mol. The molecule has 0 amide bonds. The molecule has 0 aliphatic heterocycles. The van der Waals surface area contributed by atoms with Crippen LogP contribution >= 0.6 is 0 Å². The average molecular weight is 464 g/mol. The average Bonchev–Trinajstić information content (AvgIpc) is 2.86. The first kappa shape index (κ1) is 25.2. The zero-order valence-corrected chi connectivity index (χ0v) is 20.6. The summed E-state index contributed by atoms with van der Waals surface area (Å²) in [6, 6.07) is 13.2. The lowest BCUT2D eigenvalue weighted by Crippen LogP contribution is -2.25. The summed E-state index contributed by atoms with van der Waals surface area (Å²) < 4.78 is 17.5. The van der Waals surface area contributed by atoms with Crippen LogP contribution in [0.5, 0.6) is 17.2 Å². The van der Waals surface area contributed by atoms with Crippen molar-refractivity contribution in [3.05, 3.63) is 59.8 Å². The summed E-state index contributed by atoms with van der Waals surface area (Å²) in [6.45, 7) is 7.84. The second-order valence-corrected chi connectivity index (χ2v) is 8.49. The van der Waals surface area contributed by atoms with Crippen molar-refractivity contribution < 1.29 is 23.8 Å². The number of ketones is 2. The molecule has 0 fully saturated rings. The number of Topliss-reactive ketones (excluding diaryl/α,β-unsaturated/α-hetero) is 2. The Labute approximate surface area is 201 Å². The van der Waals surface area contributed by atoms with Gasteiger partial charge in [-0.05, 0) is 56.2 Å².